The maximum atomic E-state index is 6.17. The summed E-state index contributed by atoms with van der Waals surface area (Å²) in [6.45, 7) is 3.96. The zero-order valence-corrected chi connectivity index (χ0v) is 11.7. The van der Waals surface area contributed by atoms with Crippen LogP contribution in [0.25, 0.3) is 11.3 Å². The van der Waals surface area contributed by atoms with Crippen LogP contribution < -0.4 is 0 Å². The number of pyridine rings is 1. The molecule has 0 spiro atoms. The molecule has 0 aliphatic carbocycles. The van der Waals surface area contributed by atoms with Crippen molar-refractivity contribution in [2.45, 2.75) is 13.8 Å². The van der Waals surface area contributed by atoms with Gasteiger partial charge in [-0.05, 0) is 37.6 Å². The second-order valence-electron chi connectivity index (χ2n) is 3.82. The second kappa shape index (κ2) is 4.85. The van der Waals surface area contributed by atoms with Crippen molar-refractivity contribution in [3.8, 4) is 11.3 Å². The van der Waals surface area contributed by atoms with E-state index in [1.165, 1.54) is 0 Å². The highest BCUT2D eigenvalue weighted by Gasteiger charge is 2.13. The lowest BCUT2D eigenvalue weighted by molar-refractivity contribution is 1.15. The molecule has 0 N–H and O–H groups in total. The molecular weight excluding hydrogens is 277 g/mol. The molecule has 0 radical (unpaired) electrons. The van der Waals surface area contributed by atoms with Gasteiger partial charge in [-0.3, -0.25) is 4.98 Å². The Balaban J connectivity index is 2.68. The third-order valence-corrected chi connectivity index (χ3v) is 3.77. The highest BCUT2D eigenvalue weighted by molar-refractivity contribution is 6.46. The van der Waals surface area contributed by atoms with Gasteiger partial charge in [0.15, 0.2) is 0 Å². The van der Waals surface area contributed by atoms with Gasteiger partial charge < -0.3 is 0 Å². The molecule has 4 heteroatoms. The highest BCUT2D eigenvalue weighted by atomic mass is 35.5. The molecule has 0 aliphatic rings. The minimum absolute atomic E-state index is 0.440. The Kier molecular flexibility index (Phi) is 3.62. The largest absolute Gasteiger partial charge is 0.253 e. The highest BCUT2D eigenvalue weighted by Crippen LogP contribution is 2.38. The molecule has 1 aromatic carbocycles. The lowest BCUT2D eigenvalue weighted by Crippen LogP contribution is -1.92. The fourth-order valence-electron chi connectivity index (χ4n) is 1.53. The van der Waals surface area contributed by atoms with Crippen molar-refractivity contribution in [2.75, 3.05) is 0 Å². The minimum Gasteiger partial charge on any atom is -0.253 e. The molecular formula is C13H10Cl3N. The molecule has 1 nitrogen and oxygen atoms in total. The summed E-state index contributed by atoms with van der Waals surface area (Å²) < 4.78 is 0. The molecule has 88 valence electrons. The van der Waals surface area contributed by atoms with Crippen LogP contribution >= 0.6 is 34.8 Å². The Labute approximate surface area is 115 Å². The van der Waals surface area contributed by atoms with Crippen LogP contribution in [0, 0.1) is 13.8 Å². The van der Waals surface area contributed by atoms with E-state index in [0.29, 0.717) is 20.6 Å². The van der Waals surface area contributed by atoms with E-state index in [4.69, 9.17) is 34.8 Å². The van der Waals surface area contributed by atoms with Crippen molar-refractivity contribution >= 4 is 34.8 Å². The lowest BCUT2D eigenvalue weighted by atomic mass is 10.1. The van der Waals surface area contributed by atoms with Crippen LogP contribution in [0.4, 0.5) is 0 Å². The van der Waals surface area contributed by atoms with Crippen LogP contribution in [-0.2, 0) is 0 Å². The van der Waals surface area contributed by atoms with Gasteiger partial charge in [-0.25, -0.2) is 0 Å². The van der Waals surface area contributed by atoms with Crippen molar-refractivity contribution in [3.63, 3.8) is 0 Å². The minimum atomic E-state index is 0.440. The summed E-state index contributed by atoms with van der Waals surface area (Å²) in [5, 5.41) is 1.47. The maximum Gasteiger partial charge on any atom is 0.0735 e. The first-order chi connectivity index (χ1) is 8.00. The second-order valence-corrected chi connectivity index (χ2v) is 5.01. The van der Waals surface area contributed by atoms with Crippen LogP contribution in [0.3, 0.4) is 0 Å². The smallest absolute Gasteiger partial charge is 0.0735 e. The molecule has 1 heterocycles. The van der Waals surface area contributed by atoms with Crippen molar-refractivity contribution < 1.29 is 0 Å². The Morgan fingerprint density at radius 2 is 1.53 bits per heavy atom. The average Bonchev–Trinajstić information content (AvgIpc) is 2.29. The van der Waals surface area contributed by atoms with Gasteiger partial charge in [0.25, 0.3) is 0 Å². The number of nitrogens with zero attached hydrogens (tertiary/aromatic N) is 1. The van der Waals surface area contributed by atoms with Crippen molar-refractivity contribution in [1.82, 2.24) is 4.98 Å². The molecule has 0 saturated carbocycles. The summed E-state index contributed by atoms with van der Waals surface area (Å²) in [6, 6.07) is 7.29. The molecule has 0 bridgehead atoms. The van der Waals surface area contributed by atoms with E-state index >= 15 is 0 Å². The Bertz CT molecular complexity index is 579. The first-order valence-electron chi connectivity index (χ1n) is 5.09. The Hall–Kier alpha value is -0.760. The quantitative estimate of drug-likeness (QED) is 0.646. The molecule has 2 aromatic rings. The van der Waals surface area contributed by atoms with Crippen LogP contribution in [0.15, 0.2) is 24.3 Å². The number of aromatic nitrogens is 1. The number of aryl methyl sites for hydroxylation is 2. The van der Waals surface area contributed by atoms with Gasteiger partial charge in [-0.15, -0.1) is 0 Å². The summed E-state index contributed by atoms with van der Waals surface area (Å²) in [4.78, 5) is 4.48. The van der Waals surface area contributed by atoms with Crippen LogP contribution in [0.5, 0.6) is 0 Å². The van der Waals surface area contributed by atoms with Gasteiger partial charge in [-0.2, -0.15) is 0 Å². The molecule has 0 atom stereocenters. The topological polar surface area (TPSA) is 12.9 Å². The SMILES string of the molecule is Cc1ccc(-c2c(Cl)ccc(Cl)c2Cl)nc1C. The summed E-state index contributed by atoms with van der Waals surface area (Å²) >= 11 is 18.3. The monoisotopic (exact) mass is 285 g/mol. The number of halogens is 3. The summed E-state index contributed by atoms with van der Waals surface area (Å²) in [5.41, 5.74) is 3.51. The van der Waals surface area contributed by atoms with Crippen LogP contribution in [0.1, 0.15) is 11.3 Å². The number of rotatable bonds is 1. The third kappa shape index (κ3) is 2.42. The number of benzene rings is 1. The van der Waals surface area contributed by atoms with Crippen LogP contribution in [0.2, 0.25) is 15.1 Å². The Morgan fingerprint density at radius 1 is 0.882 bits per heavy atom. The fraction of sp³-hybridized carbons (Fsp3) is 0.154. The standard InChI is InChI=1S/C13H10Cl3N/c1-7-3-6-11(17-8(7)2)12-9(14)4-5-10(15)13(12)16/h3-6H,1-2H3. The summed E-state index contributed by atoms with van der Waals surface area (Å²) in [7, 11) is 0. The zero-order chi connectivity index (χ0) is 12.6. The van der Waals surface area contributed by atoms with E-state index < -0.39 is 0 Å². The maximum absolute atomic E-state index is 6.17. The summed E-state index contributed by atoms with van der Waals surface area (Å²) in [5.74, 6) is 0. The first-order valence-corrected chi connectivity index (χ1v) is 6.22. The number of hydrogen-bond donors (Lipinski definition) is 0. The fourth-order valence-corrected chi connectivity index (χ4v) is 2.25. The van der Waals surface area contributed by atoms with Gasteiger partial charge in [0.1, 0.15) is 0 Å². The van der Waals surface area contributed by atoms with Crippen LogP contribution in [-0.4, -0.2) is 4.98 Å². The normalized spacial score (nSPS) is 10.6. The van der Waals surface area contributed by atoms with Gasteiger partial charge in [0.05, 0.1) is 20.8 Å². The van der Waals surface area contributed by atoms with E-state index in [-0.39, 0.29) is 0 Å². The van der Waals surface area contributed by atoms with Gasteiger partial charge in [0.2, 0.25) is 0 Å². The molecule has 0 aliphatic heterocycles. The molecule has 2 rings (SSSR count). The van der Waals surface area contributed by atoms with Crippen molar-refractivity contribution in [1.29, 1.82) is 0 Å². The van der Waals surface area contributed by atoms with E-state index in [1.54, 1.807) is 12.1 Å². The van der Waals surface area contributed by atoms with Crippen molar-refractivity contribution in [2.24, 2.45) is 0 Å². The molecule has 0 fully saturated rings. The first kappa shape index (κ1) is 12.7. The van der Waals surface area contributed by atoms with E-state index in [9.17, 15) is 0 Å². The van der Waals surface area contributed by atoms with E-state index in [1.807, 2.05) is 26.0 Å². The summed E-state index contributed by atoms with van der Waals surface area (Å²) in [6.07, 6.45) is 0. The molecule has 0 unspecified atom stereocenters. The zero-order valence-electron chi connectivity index (χ0n) is 9.39. The van der Waals surface area contributed by atoms with Gasteiger partial charge in [0, 0.05) is 11.3 Å². The average molecular weight is 287 g/mol. The molecule has 0 saturated heterocycles. The van der Waals surface area contributed by atoms with E-state index in [2.05, 4.69) is 4.98 Å². The Morgan fingerprint density at radius 3 is 2.18 bits per heavy atom. The van der Waals surface area contributed by atoms with Gasteiger partial charge >= 0.3 is 0 Å². The van der Waals surface area contributed by atoms with Gasteiger partial charge in [-0.1, -0.05) is 40.9 Å². The third-order valence-electron chi connectivity index (χ3n) is 2.65. The lowest BCUT2D eigenvalue weighted by Gasteiger charge is -2.09. The molecule has 0 amide bonds. The molecule has 17 heavy (non-hydrogen) atoms. The predicted molar refractivity (Wildman–Crippen MR) is 74.2 cm³/mol. The number of hydrogen-bond acceptors (Lipinski definition) is 1. The predicted octanol–water partition coefficient (Wildman–Crippen LogP) is 5.33. The van der Waals surface area contributed by atoms with Crippen molar-refractivity contribution in [3.05, 3.63) is 50.6 Å². The van der Waals surface area contributed by atoms with E-state index in [0.717, 1.165) is 17.0 Å². The molecule has 1 aromatic heterocycles.